The lowest BCUT2D eigenvalue weighted by atomic mass is 10.2. The number of aromatic nitrogens is 2. The summed E-state index contributed by atoms with van der Waals surface area (Å²) in [5.41, 5.74) is 0. The molecule has 1 fully saturated rings. The van der Waals surface area contributed by atoms with Gasteiger partial charge in [-0.25, -0.2) is 21.2 Å². The van der Waals surface area contributed by atoms with Crippen molar-refractivity contribution in [3.05, 3.63) is 41.8 Å². The second-order valence-corrected chi connectivity index (χ2v) is 11.1. The molecular weight excluding hydrogens is 423 g/mol. The molecule has 0 amide bonds. The van der Waals surface area contributed by atoms with E-state index < -0.39 is 31.9 Å². The molecule has 3 rings (SSSR count). The van der Waals surface area contributed by atoms with E-state index in [2.05, 4.69) is 10.1 Å². The van der Waals surface area contributed by atoms with Gasteiger partial charge in [0.15, 0.2) is 5.82 Å². The molecule has 0 unspecified atom stereocenters. The van der Waals surface area contributed by atoms with E-state index in [1.807, 2.05) is 13.8 Å². The van der Waals surface area contributed by atoms with Crippen LogP contribution in [0.1, 0.15) is 31.5 Å². The normalized spacial score (nSPS) is 16.5. The fourth-order valence-electron chi connectivity index (χ4n) is 3.00. The van der Waals surface area contributed by atoms with Gasteiger partial charge in [-0.1, -0.05) is 25.1 Å². The summed E-state index contributed by atoms with van der Waals surface area (Å²) in [7, 11) is -7.46. The Morgan fingerprint density at radius 1 is 1.28 bits per heavy atom. The Kier molecular flexibility index (Phi) is 6.08. The van der Waals surface area contributed by atoms with Crippen LogP contribution in [0.25, 0.3) is 0 Å². The fraction of sp³-hybridized carbons (Fsp3) is 0.529. The molecule has 0 bridgehead atoms. The minimum atomic E-state index is -3.88. The molecule has 0 aliphatic carbocycles. The van der Waals surface area contributed by atoms with Crippen molar-refractivity contribution in [1.29, 1.82) is 0 Å². The van der Waals surface area contributed by atoms with E-state index in [9.17, 15) is 21.2 Å². The van der Waals surface area contributed by atoms with Crippen molar-refractivity contribution in [2.45, 2.75) is 37.1 Å². The first-order chi connectivity index (χ1) is 13.5. The van der Waals surface area contributed by atoms with Gasteiger partial charge >= 0.3 is 0 Å². The lowest BCUT2D eigenvalue weighted by molar-refractivity contribution is 0.155. The van der Waals surface area contributed by atoms with E-state index in [0.717, 1.165) is 22.7 Å². The largest absolute Gasteiger partial charge is 0.339 e. The van der Waals surface area contributed by atoms with Crippen molar-refractivity contribution in [2.75, 3.05) is 25.9 Å². The smallest absolute Gasteiger partial charge is 0.243 e. The molecule has 1 aromatic heterocycles. The summed E-state index contributed by atoms with van der Waals surface area (Å²) < 4.78 is 70.5. The third-order valence-corrected chi connectivity index (χ3v) is 7.79. The highest BCUT2D eigenvalue weighted by Gasteiger charge is 2.42. The van der Waals surface area contributed by atoms with Gasteiger partial charge in [-0.05, 0) is 18.2 Å². The molecule has 0 N–H and O–H groups in total. The molecule has 1 aliphatic rings. The highest BCUT2D eigenvalue weighted by Crippen LogP contribution is 2.26. The minimum Gasteiger partial charge on any atom is -0.339 e. The van der Waals surface area contributed by atoms with Crippen molar-refractivity contribution < 1.29 is 25.7 Å². The van der Waals surface area contributed by atoms with Gasteiger partial charge in [0.05, 0.1) is 17.2 Å². The van der Waals surface area contributed by atoms with Gasteiger partial charge in [0.25, 0.3) is 0 Å². The van der Waals surface area contributed by atoms with Crippen LogP contribution >= 0.6 is 0 Å². The summed E-state index contributed by atoms with van der Waals surface area (Å²) in [6.45, 7) is 3.91. The highest BCUT2D eigenvalue weighted by atomic mass is 32.2. The van der Waals surface area contributed by atoms with Gasteiger partial charge in [-0.2, -0.15) is 13.6 Å². The number of hydrogen-bond acceptors (Lipinski definition) is 7. The quantitative estimate of drug-likeness (QED) is 0.599. The predicted octanol–water partition coefficient (Wildman–Crippen LogP) is 1.21. The number of nitrogens with zero attached hydrogens (tertiary/aromatic N) is 4. The van der Waals surface area contributed by atoms with Crippen molar-refractivity contribution in [3.63, 3.8) is 0 Å². The van der Waals surface area contributed by atoms with Crippen LogP contribution in [0, 0.1) is 5.82 Å². The van der Waals surface area contributed by atoms with Gasteiger partial charge in [-0.3, -0.25) is 0 Å². The highest BCUT2D eigenvalue weighted by molar-refractivity contribution is 7.89. The van der Waals surface area contributed by atoms with Crippen molar-refractivity contribution >= 4 is 20.0 Å². The van der Waals surface area contributed by atoms with Crippen molar-refractivity contribution in [2.24, 2.45) is 0 Å². The zero-order valence-corrected chi connectivity index (χ0v) is 18.0. The van der Waals surface area contributed by atoms with Crippen LogP contribution in [0.15, 0.2) is 33.7 Å². The van der Waals surface area contributed by atoms with Crippen molar-refractivity contribution in [3.8, 4) is 0 Å². The maximum Gasteiger partial charge on any atom is 0.243 e. The van der Waals surface area contributed by atoms with Crippen LogP contribution in [0.3, 0.4) is 0 Å². The first kappa shape index (κ1) is 21.8. The predicted molar refractivity (Wildman–Crippen MR) is 103 cm³/mol. The van der Waals surface area contributed by atoms with Gasteiger partial charge in [-0.15, -0.1) is 0 Å². The first-order valence-corrected chi connectivity index (χ1v) is 12.3. The Morgan fingerprint density at radius 3 is 2.52 bits per heavy atom. The van der Waals surface area contributed by atoms with E-state index >= 15 is 0 Å². The molecule has 12 heteroatoms. The Labute approximate surface area is 169 Å². The zero-order valence-electron chi connectivity index (χ0n) is 16.3. The number of sulfonamides is 2. The molecule has 0 atom stereocenters. The third-order valence-electron chi connectivity index (χ3n) is 4.63. The van der Waals surface area contributed by atoms with Crippen molar-refractivity contribution in [1.82, 2.24) is 18.8 Å². The van der Waals surface area contributed by atoms with Crippen LogP contribution in [0.5, 0.6) is 0 Å². The summed E-state index contributed by atoms with van der Waals surface area (Å²) >= 11 is 0. The molecule has 29 heavy (non-hydrogen) atoms. The molecule has 1 saturated heterocycles. The average molecular weight is 447 g/mol. The van der Waals surface area contributed by atoms with Crippen LogP contribution < -0.4 is 0 Å². The standard InChI is InChI=1S/C17H23FN4O5S2/c1-12(2)17-19-16(20-27-17)7-8-22(28(3,23)24)14-10-21(11-14)29(25,26)15-6-4-5-13(18)9-15/h4-6,9,12,14H,7-8,10-11H2,1-3H3. The van der Waals surface area contributed by atoms with E-state index in [4.69, 9.17) is 4.52 Å². The molecule has 1 aromatic carbocycles. The molecule has 160 valence electrons. The van der Waals surface area contributed by atoms with E-state index in [1.54, 1.807) is 0 Å². The number of rotatable bonds is 8. The second-order valence-electron chi connectivity index (χ2n) is 7.26. The summed E-state index contributed by atoms with van der Waals surface area (Å²) in [6.07, 6.45) is 1.32. The second kappa shape index (κ2) is 8.09. The van der Waals surface area contributed by atoms with Crippen LogP contribution in [-0.2, 0) is 26.5 Å². The third kappa shape index (κ3) is 4.82. The lowest BCUT2D eigenvalue weighted by Crippen LogP contribution is -2.62. The van der Waals surface area contributed by atoms with E-state index in [-0.39, 0.29) is 36.9 Å². The lowest BCUT2D eigenvalue weighted by Gasteiger charge is -2.43. The Bertz CT molecular complexity index is 1080. The van der Waals surface area contributed by atoms with Gasteiger partial charge in [0.1, 0.15) is 5.82 Å². The first-order valence-electron chi connectivity index (χ1n) is 9.03. The van der Waals surface area contributed by atoms with Gasteiger partial charge in [0.2, 0.25) is 25.9 Å². The monoisotopic (exact) mass is 446 g/mol. The molecule has 0 spiro atoms. The Hall–Kier alpha value is -1.89. The molecule has 1 aliphatic heterocycles. The molecule has 2 heterocycles. The Morgan fingerprint density at radius 2 is 1.97 bits per heavy atom. The number of benzene rings is 1. The van der Waals surface area contributed by atoms with Gasteiger partial charge < -0.3 is 4.52 Å². The van der Waals surface area contributed by atoms with Crippen LogP contribution in [0.2, 0.25) is 0 Å². The zero-order chi connectivity index (χ0) is 21.4. The number of hydrogen-bond donors (Lipinski definition) is 0. The van der Waals surface area contributed by atoms with E-state index in [0.29, 0.717) is 11.7 Å². The van der Waals surface area contributed by atoms with Crippen LogP contribution in [-0.4, -0.2) is 67.5 Å². The molecule has 0 saturated carbocycles. The maximum absolute atomic E-state index is 13.4. The summed E-state index contributed by atoms with van der Waals surface area (Å²) in [5, 5.41) is 3.85. The fourth-order valence-corrected chi connectivity index (χ4v) is 5.65. The SMILES string of the molecule is CC(C)c1nc(CCN(C2CN(S(=O)(=O)c3cccc(F)c3)C2)S(C)(=O)=O)no1. The van der Waals surface area contributed by atoms with Gasteiger partial charge in [0, 0.05) is 32.0 Å². The summed E-state index contributed by atoms with van der Waals surface area (Å²) in [4.78, 5) is 4.07. The topological polar surface area (TPSA) is 114 Å². The van der Waals surface area contributed by atoms with E-state index in [1.165, 1.54) is 16.4 Å². The summed E-state index contributed by atoms with van der Waals surface area (Å²) in [6, 6.07) is 4.22. The number of halogens is 1. The van der Waals surface area contributed by atoms with Crippen LogP contribution in [0.4, 0.5) is 4.39 Å². The minimum absolute atomic E-state index is 0.00456. The molecule has 0 radical (unpaired) electrons. The maximum atomic E-state index is 13.4. The molecule has 2 aromatic rings. The average Bonchev–Trinajstić information content (AvgIpc) is 3.04. The molecular formula is C17H23FN4O5S2. The molecule has 9 nitrogen and oxygen atoms in total. The summed E-state index contributed by atoms with van der Waals surface area (Å²) in [5.74, 6) is 0.282. The Balaban J connectivity index is 1.67.